The van der Waals surface area contributed by atoms with Crippen LogP contribution in [0.3, 0.4) is 0 Å². The molecule has 19 heavy (non-hydrogen) atoms. The van der Waals surface area contributed by atoms with Crippen LogP contribution in [-0.4, -0.2) is 46.3 Å². The minimum Gasteiger partial charge on any atom is -0.353 e. The lowest BCUT2D eigenvalue weighted by molar-refractivity contribution is 0.303. The maximum atomic E-state index is 4.52. The number of anilines is 1. The van der Waals surface area contributed by atoms with Crippen molar-refractivity contribution in [1.29, 1.82) is 0 Å². The zero-order valence-corrected chi connectivity index (χ0v) is 12.7. The summed E-state index contributed by atoms with van der Waals surface area (Å²) in [5, 5.41) is 11.6. The molecule has 1 aromatic heterocycles. The zero-order chi connectivity index (χ0) is 14.1. The first-order chi connectivity index (χ1) is 9.24. The highest BCUT2D eigenvalue weighted by Crippen LogP contribution is 2.06. The fourth-order valence-electron chi connectivity index (χ4n) is 2.06. The first-order valence-corrected chi connectivity index (χ1v) is 7.43. The van der Waals surface area contributed by atoms with Crippen molar-refractivity contribution in [2.24, 2.45) is 0 Å². The molecule has 0 saturated carbocycles. The molecule has 0 aliphatic rings. The molecule has 0 aliphatic heterocycles. The van der Waals surface area contributed by atoms with Gasteiger partial charge in [-0.05, 0) is 38.9 Å². The average molecular weight is 265 g/mol. The van der Waals surface area contributed by atoms with Gasteiger partial charge in [0.25, 0.3) is 0 Å². The van der Waals surface area contributed by atoms with E-state index in [0.29, 0.717) is 5.95 Å². The van der Waals surface area contributed by atoms with Crippen molar-refractivity contribution >= 4 is 5.95 Å². The molecule has 0 spiro atoms. The molecule has 0 atom stereocenters. The van der Waals surface area contributed by atoms with Crippen molar-refractivity contribution in [1.82, 2.24) is 20.1 Å². The number of rotatable bonds is 9. The molecule has 1 heterocycles. The van der Waals surface area contributed by atoms with Crippen LogP contribution >= 0.6 is 0 Å². The molecular formula is C14H27N5. The molecule has 0 aliphatic carbocycles. The monoisotopic (exact) mass is 265 g/mol. The fraction of sp³-hybridized carbons (Fsp3) is 0.786. The Kier molecular flexibility index (Phi) is 7.33. The topological polar surface area (TPSA) is 53.9 Å². The van der Waals surface area contributed by atoms with Crippen LogP contribution in [-0.2, 0) is 12.8 Å². The maximum absolute atomic E-state index is 4.52. The smallest absolute Gasteiger partial charge is 0.242 e. The summed E-state index contributed by atoms with van der Waals surface area (Å²) < 4.78 is 0. The maximum Gasteiger partial charge on any atom is 0.242 e. The molecule has 1 aromatic rings. The largest absolute Gasteiger partial charge is 0.353 e. The van der Waals surface area contributed by atoms with Crippen LogP contribution in [0.5, 0.6) is 0 Å². The van der Waals surface area contributed by atoms with Crippen molar-refractivity contribution in [3.8, 4) is 0 Å². The molecule has 0 saturated heterocycles. The first kappa shape index (κ1) is 15.8. The Balaban J connectivity index is 2.41. The van der Waals surface area contributed by atoms with Gasteiger partial charge in [0.15, 0.2) is 0 Å². The van der Waals surface area contributed by atoms with Crippen LogP contribution in [0.15, 0.2) is 0 Å². The predicted molar refractivity (Wildman–Crippen MR) is 79.5 cm³/mol. The minimum absolute atomic E-state index is 0.661. The summed E-state index contributed by atoms with van der Waals surface area (Å²) in [5.41, 5.74) is 2.07. The highest BCUT2D eigenvalue weighted by atomic mass is 15.2. The summed E-state index contributed by atoms with van der Waals surface area (Å²) in [6.07, 6.45) is 2.90. The SMILES string of the molecule is CCc1nnc(NCCCN(CC)CC)nc1CC. The number of nitrogens with zero attached hydrogens (tertiary/aromatic N) is 4. The van der Waals surface area contributed by atoms with Gasteiger partial charge >= 0.3 is 0 Å². The summed E-state index contributed by atoms with van der Waals surface area (Å²) in [4.78, 5) is 6.94. The van der Waals surface area contributed by atoms with Gasteiger partial charge in [-0.25, -0.2) is 4.98 Å². The number of aryl methyl sites for hydroxylation is 2. The quantitative estimate of drug-likeness (QED) is 0.693. The Morgan fingerprint density at radius 3 is 2.21 bits per heavy atom. The van der Waals surface area contributed by atoms with Crippen LogP contribution in [0.4, 0.5) is 5.95 Å². The normalized spacial score (nSPS) is 11.0. The minimum atomic E-state index is 0.661. The Bertz CT molecular complexity index is 363. The van der Waals surface area contributed by atoms with Gasteiger partial charge in [0.1, 0.15) is 0 Å². The van der Waals surface area contributed by atoms with Gasteiger partial charge in [0.05, 0.1) is 11.4 Å². The van der Waals surface area contributed by atoms with Crippen molar-refractivity contribution in [3.63, 3.8) is 0 Å². The van der Waals surface area contributed by atoms with E-state index in [1.54, 1.807) is 0 Å². The first-order valence-electron chi connectivity index (χ1n) is 7.43. The van der Waals surface area contributed by atoms with E-state index in [-0.39, 0.29) is 0 Å². The van der Waals surface area contributed by atoms with Crippen LogP contribution in [0, 0.1) is 0 Å². The second kappa shape index (κ2) is 8.80. The zero-order valence-electron chi connectivity index (χ0n) is 12.7. The molecule has 0 radical (unpaired) electrons. The molecular weight excluding hydrogens is 238 g/mol. The lowest BCUT2D eigenvalue weighted by atomic mass is 10.2. The van der Waals surface area contributed by atoms with E-state index < -0.39 is 0 Å². The molecule has 108 valence electrons. The lowest BCUT2D eigenvalue weighted by Gasteiger charge is -2.17. The molecule has 0 unspecified atom stereocenters. The van der Waals surface area contributed by atoms with E-state index in [2.05, 4.69) is 53.1 Å². The molecule has 5 heteroatoms. The third kappa shape index (κ3) is 5.11. The van der Waals surface area contributed by atoms with E-state index in [1.165, 1.54) is 0 Å². The van der Waals surface area contributed by atoms with Gasteiger partial charge in [-0.3, -0.25) is 0 Å². The number of aromatic nitrogens is 3. The highest BCUT2D eigenvalue weighted by molar-refractivity contribution is 5.25. The molecule has 5 nitrogen and oxygen atoms in total. The van der Waals surface area contributed by atoms with Gasteiger partial charge < -0.3 is 10.2 Å². The Hall–Kier alpha value is -1.23. The third-order valence-electron chi connectivity index (χ3n) is 3.34. The average Bonchev–Trinajstić information content (AvgIpc) is 2.47. The fourth-order valence-corrected chi connectivity index (χ4v) is 2.06. The van der Waals surface area contributed by atoms with Gasteiger partial charge in [0.2, 0.25) is 5.95 Å². The Labute approximate surface area is 116 Å². The predicted octanol–water partition coefficient (Wildman–Crippen LogP) is 2.14. The molecule has 0 aromatic carbocycles. The lowest BCUT2D eigenvalue weighted by Crippen LogP contribution is -2.25. The summed E-state index contributed by atoms with van der Waals surface area (Å²) in [7, 11) is 0. The van der Waals surface area contributed by atoms with Crippen LogP contribution < -0.4 is 5.32 Å². The van der Waals surface area contributed by atoms with Gasteiger partial charge in [-0.1, -0.05) is 27.7 Å². The van der Waals surface area contributed by atoms with Crippen molar-refractivity contribution in [2.45, 2.75) is 47.0 Å². The molecule has 0 fully saturated rings. The molecule has 0 amide bonds. The van der Waals surface area contributed by atoms with Crippen molar-refractivity contribution in [3.05, 3.63) is 11.4 Å². The van der Waals surface area contributed by atoms with Gasteiger partial charge in [-0.15, -0.1) is 5.10 Å². The van der Waals surface area contributed by atoms with E-state index in [1.807, 2.05) is 0 Å². The second-order valence-corrected chi connectivity index (χ2v) is 4.54. The summed E-state index contributed by atoms with van der Waals surface area (Å²) in [5.74, 6) is 0.661. The van der Waals surface area contributed by atoms with E-state index in [0.717, 1.165) is 56.8 Å². The van der Waals surface area contributed by atoms with E-state index in [9.17, 15) is 0 Å². The van der Waals surface area contributed by atoms with Crippen LogP contribution in [0.1, 0.15) is 45.5 Å². The molecule has 0 bridgehead atoms. The Morgan fingerprint density at radius 2 is 1.63 bits per heavy atom. The Morgan fingerprint density at radius 1 is 0.947 bits per heavy atom. The number of hydrogen-bond donors (Lipinski definition) is 1. The standard InChI is InChI=1S/C14H27N5/c1-5-12-13(6-2)17-18-14(16-12)15-10-9-11-19(7-3)8-4/h5-11H2,1-4H3,(H,15,16,18). The number of hydrogen-bond acceptors (Lipinski definition) is 5. The van der Waals surface area contributed by atoms with Gasteiger partial charge in [0, 0.05) is 6.54 Å². The van der Waals surface area contributed by atoms with Crippen molar-refractivity contribution < 1.29 is 0 Å². The number of nitrogens with one attached hydrogen (secondary N) is 1. The van der Waals surface area contributed by atoms with E-state index in [4.69, 9.17) is 0 Å². The molecule has 1 rings (SSSR count). The summed E-state index contributed by atoms with van der Waals surface area (Å²) in [6, 6.07) is 0. The third-order valence-corrected chi connectivity index (χ3v) is 3.34. The van der Waals surface area contributed by atoms with Gasteiger partial charge in [-0.2, -0.15) is 5.10 Å². The summed E-state index contributed by atoms with van der Waals surface area (Å²) >= 11 is 0. The highest BCUT2D eigenvalue weighted by Gasteiger charge is 2.05. The van der Waals surface area contributed by atoms with Crippen LogP contribution in [0.25, 0.3) is 0 Å². The van der Waals surface area contributed by atoms with E-state index >= 15 is 0 Å². The van der Waals surface area contributed by atoms with Crippen molar-refractivity contribution in [2.75, 3.05) is 31.5 Å². The second-order valence-electron chi connectivity index (χ2n) is 4.54. The van der Waals surface area contributed by atoms with Crippen LogP contribution in [0.2, 0.25) is 0 Å². The summed E-state index contributed by atoms with van der Waals surface area (Å²) in [6.45, 7) is 12.8. The molecule has 1 N–H and O–H groups in total.